The van der Waals surface area contributed by atoms with Crippen LogP contribution in [0.3, 0.4) is 0 Å². The van der Waals surface area contributed by atoms with Crippen molar-refractivity contribution in [2.45, 2.75) is 44.8 Å². The Bertz CT molecular complexity index is 503. The fourth-order valence-corrected chi connectivity index (χ4v) is 3.62. The minimum Gasteiger partial charge on any atom is -0.383 e. The van der Waals surface area contributed by atoms with Gasteiger partial charge in [-0.2, -0.15) is 5.10 Å². The molecule has 0 aromatic carbocycles. The number of nitrogens with zero attached hydrogens (tertiary/aromatic N) is 2. The molecule has 1 heterocycles. The number of rotatable bonds is 6. The molecule has 1 fully saturated rings. The van der Waals surface area contributed by atoms with E-state index in [0.29, 0.717) is 24.8 Å². The van der Waals surface area contributed by atoms with Gasteiger partial charge in [-0.3, -0.25) is 9.48 Å². The number of methoxy groups -OCH3 is 2. The van der Waals surface area contributed by atoms with E-state index < -0.39 is 5.60 Å². The van der Waals surface area contributed by atoms with Crippen molar-refractivity contribution in [3.63, 3.8) is 0 Å². The first-order valence-corrected chi connectivity index (χ1v) is 8.13. The molecule has 21 heavy (non-hydrogen) atoms. The van der Waals surface area contributed by atoms with Crippen molar-refractivity contribution in [2.75, 3.05) is 20.8 Å². The molecule has 1 aliphatic rings. The van der Waals surface area contributed by atoms with Gasteiger partial charge in [-0.25, -0.2) is 0 Å². The zero-order valence-corrected chi connectivity index (χ0v) is 14.5. The van der Waals surface area contributed by atoms with Gasteiger partial charge in [0.15, 0.2) is 0 Å². The van der Waals surface area contributed by atoms with Gasteiger partial charge in [0.05, 0.1) is 23.8 Å². The van der Waals surface area contributed by atoms with Crippen LogP contribution in [0.5, 0.6) is 0 Å². The van der Waals surface area contributed by atoms with Crippen LogP contribution in [0.1, 0.15) is 43.1 Å². The van der Waals surface area contributed by atoms with Gasteiger partial charge in [0, 0.05) is 14.2 Å². The SMILES string of the molecule is COCCn1ncc(Br)c1C(=O)C1(OC)CCCC(C)C1. The highest BCUT2D eigenvalue weighted by Gasteiger charge is 2.44. The van der Waals surface area contributed by atoms with Gasteiger partial charge in [-0.1, -0.05) is 13.3 Å². The number of hydrogen-bond donors (Lipinski definition) is 0. The maximum atomic E-state index is 13.1. The number of carbonyl (C=O) groups is 1. The van der Waals surface area contributed by atoms with Crippen LogP contribution in [0, 0.1) is 5.92 Å². The predicted molar refractivity (Wildman–Crippen MR) is 83.5 cm³/mol. The monoisotopic (exact) mass is 358 g/mol. The van der Waals surface area contributed by atoms with Crippen LogP contribution in [-0.4, -0.2) is 42.0 Å². The van der Waals surface area contributed by atoms with Crippen LogP contribution in [-0.2, 0) is 16.0 Å². The molecule has 5 nitrogen and oxygen atoms in total. The van der Waals surface area contributed by atoms with E-state index in [9.17, 15) is 4.79 Å². The Hall–Kier alpha value is -0.720. The summed E-state index contributed by atoms with van der Waals surface area (Å²) in [5.74, 6) is 0.522. The highest BCUT2D eigenvalue weighted by atomic mass is 79.9. The van der Waals surface area contributed by atoms with E-state index in [1.165, 1.54) is 0 Å². The van der Waals surface area contributed by atoms with Crippen molar-refractivity contribution in [1.82, 2.24) is 9.78 Å². The van der Waals surface area contributed by atoms with Crippen molar-refractivity contribution in [2.24, 2.45) is 5.92 Å². The van der Waals surface area contributed by atoms with E-state index in [-0.39, 0.29) is 5.78 Å². The van der Waals surface area contributed by atoms with E-state index in [1.807, 2.05) is 0 Å². The van der Waals surface area contributed by atoms with Gasteiger partial charge in [-0.05, 0) is 41.1 Å². The summed E-state index contributed by atoms with van der Waals surface area (Å²) in [5.41, 5.74) is -0.131. The summed E-state index contributed by atoms with van der Waals surface area (Å²) in [7, 11) is 3.28. The Morgan fingerprint density at radius 2 is 2.33 bits per heavy atom. The van der Waals surface area contributed by atoms with Gasteiger partial charge < -0.3 is 9.47 Å². The number of halogens is 1. The van der Waals surface area contributed by atoms with Gasteiger partial charge in [0.25, 0.3) is 0 Å². The minimum atomic E-state index is -0.717. The second kappa shape index (κ2) is 7.03. The van der Waals surface area contributed by atoms with Gasteiger partial charge in [0.2, 0.25) is 5.78 Å². The van der Waals surface area contributed by atoms with E-state index in [0.717, 1.165) is 30.2 Å². The zero-order valence-electron chi connectivity index (χ0n) is 12.9. The lowest BCUT2D eigenvalue weighted by Crippen LogP contribution is -2.45. The third-order valence-electron chi connectivity index (χ3n) is 4.28. The average molecular weight is 359 g/mol. The lowest BCUT2D eigenvalue weighted by Gasteiger charge is -2.37. The molecule has 0 spiro atoms. The number of ether oxygens (including phenoxy) is 2. The fraction of sp³-hybridized carbons (Fsp3) is 0.733. The predicted octanol–water partition coefficient (Wildman–Crippen LogP) is 3.07. The number of ketones is 1. The van der Waals surface area contributed by atoms with Gasteiger partial charge >= 0.3 is 0 Å². The molecule has 0 bridgehead atoms. The van der Waals surface area contributed by atoms with Crippen molar-refractivity contribution >= 4 is 21.7 Å². The second-order valence-electron chi connectivity index (χ2n) is 5.79. The molecular weight excluding hydrogens is 336 g/mol. The van der Waals surface area contributed by atoms with Crippen LogP contribution in [0.15, 0.2) is 10.7 Å². The average Bonchev–Trinajstić information content (AvgIpc) is 2.85. The van der Waals surface area contributed by atoms with Crippen LogP contribution >= 0.6 is 15.9 Å². The third kappa shape index (κ3) is 3.38. The summed E-state index contributed by atoms with van der Waals surface area (Å²) in [6.45, 7) is 3.25. The number of Topliss-reactive ketones (excluding diaryl/α,β-unsaturated/α-hetero) is 1. The molecule has 0 N–H and O–H groups in total. The van der Waals surface area contributed by atoms with E-state index in [1.54, 1.807) is 25.1 Å². The lowest BCUT2D eigenvalue weighted by molar-refractivity contribution is -0.0310. The first-order valence-electron chi connectivity index (χ1n) is 7.34. The van der Waals surface area contributed by atoms with Crippen LogP contribution < -0.4 is 0 Å². The van der Waals surface area contributed by atoms with E-state index in [2.05, 4.69) is 28.0 Å². The molecular formula is C15H23BrN2O3. The molecule has 0 aliphatic heterocycles. The molecule has 2 atom stereocenters. The maximum Gasteiger partial charge on any atom is 0.213 e. The molecule has 1 aromatic heterocycles. The van der Waals surface area contributed by atoms with E-state index in [4.69, 9.17) is 9.47 Å². The third-order valence-corrected chi connectivity index (χ3v) is 4.86. The topological polar surface area (TPSA) is 53.4 Å². The summed E-state index contributed by atoms with van der Waals surface area (Å²) >= 11 is 3.44. The molecule has 2 rings (SSSR count). The van der Waals surface area contributed by atoms with Gasteiger partial charge in [0.1, 0.15) is 11.3 Å². The van der Waals surface area contributed by atoms with Crippen LogP contribution in [0.4, 0.5) is 0 Å². The second-order valence-corrected chi connectivity index (χ2v) is 6.64. The van der Waals surface area contributed by atoms with Crippen molar-refractivity contribution in [1.29, 1.82) is 0 Å². The first kappa shape index (κ1) is 16.6. The molecule has 0 amide bonds. The number of carbonyl (C=O) groups excluding carboxylic acids is 1. The fourth-order valence-electron chi connectivity index (χ4n) is 3.14. The number of hydrogen-bond acceptors (Lipinski definition) is 4. The Morgan fingerprint density at radius 1 is 1.57 bits per heavy atom. The molecule has 1 aromatic rings. The summed E-state index contributed by atoms with van der Waals surface area (Å²) in [6, 6.07) is 0. The number of aromatic nitrogens is 2. The zero-order chi connectivity index (χ0) is 15.5. The summed E-state index contributed by atoms with van der Waals surface area (Å²) < 4.78 is 13.2. The van der Waals surface area contributed by atoms with Crippen LogP contribution in [0.25, 0.3) is 0 Å². The highest BCUT2D eigenvalue weighted by Crippen LogP contribution is 2.38. The molecule has 6 heteroatoms. The summed E-state index contributed by atoms with van der Waals surface area (Å²) in [4.78, 5) is 13.1. The largest absolute Gasteiger partial charge is 0.383 e. The normalized spacial score (nSPS) is 26.0. The molecule has 118 valence electrons. The Kier molecular flexibility index (Phi) is 5.57. The summed E-state index contributed by atoms with van der Waals surface area (Å²) in [6.07, 6.45) is 5.38. The standard InChI is InChI=1S/C15H23BrN2O3/c1-11-5-4-6-15(9-11,21-3)14(19)13-12(16)10-17-18(13)7-8-20-2/h10-11H,4-9H2,1-3H3. The molecule has 1 saturated carbocycles. The van der Waals surface area contributed by atoms with Crippen molar-refractivity contribution in [3.8, 4) is 0 Å². The van der Waals surface area contributed by atoms with Crippen LogP contribution in [0.2, 0.25) is 0 Å². The molecule has 0 saturated heterocycles. The van der Waals surface area contributed by atoms with E-state index >= 15 is 0 Å². The quantitative estimate of drug-likeness (QED) is 0.733. The van der Waals surface area contributed by atoms with Crippen molar-refractivity contribution in [3.05, 3.63) is 16.4 Å². The van der Waals surface area contributed by atoms with Gasteiger partial charge in [-0.15, -0.1) is 0 Å². The van der Waals surface area contributed by atoms with Crippen molar-refractivity contribution < 1.29 is 14.3 Å². The smallest absolute Gasteiger partial charge is 0.213 e. The maximum absolute atomic E-state index is 13.1. The molecule has 2 unspecified atom stereocenters. The Morgan fingerprint density at radius 3 is 2.95 bits per heavy atom. The highest BCUT2D eigenvalue weighted by molar-refractivity contribution is 9.10. The molecule has 1 aliphatic carbocycles. The Balaban J connectivity index is 2.31. The minimum absolute atomic E-state index is 0.0250. The Labute approximate surface area is 134 Å². The lowest BCUT2D eigenvalue weighted by atomic mass is 9.75. The summed E-state index contributed by atoms with van der Waals surface area (Å²) in [5, 5.41) is 4.27. The molecule has 0 radical (unpaired) electrons. The first-order chi connectivity index (χ1) is 10.0.